The van der Waals surface area contributed by atoms with Crippen LogP contribution in [0.3, 0.4) is 0 Å². The largest absolute Gasteiger partial charge is 0.502 e. The van der Waals surface area contributed by atoms with E-state index in [1.807, 2.05) is 24.3 Å². The molecule has 0 spiro atoms. The molecule has 3 aromatic rings. The van der Waals surface area contributed by atoms with Crippen LogP contribution in [0.1, 0.15) is 5.56 Å². The van der Waals surface area contributed by atoms with E-state index in [0.717, 1.165) is 17.1 Å². The van der Waals surface area contributed by atoms with Gasteiger partial charge < -0.3 is 9.67 Å². The van der Waals surface area contributed by atoms with Gasteiger partial charge in [-0.25, -0.2) is 10.4 Å². The molecular weight excluding hydrogens is 326 g/mol. The van der Waals surface area contributed by atoms with Crippen molar-refractivity contribution in [2.24, 2.45) is 5.10 Å². The van der Waals surface area contributed by atoms with Gasteiger partial charge in [-0.15, -0.1) is 0 Å². The number of aromatic nitrogens is 2. The molecule has 9 heteroatoms. The van der Waals surface area contributed by atoms with Crippen LogP contribution in [0.15, 0.2) is 53.9 Å². The molecule has 1 heterocycles. The number of carbonyl (C=O) groups is 1. The molecular formula is C16H13N5O4. The smallest absolute Gasteiger partial charge is 0.311 e. The van der Waals surface area contributed by atoms with Crippen LogP contribution in [0.5, 0.6) is 5.75 Å². The van der Waals surface area contributed by atoms with E-state index in [2.05, 4.69) is 15.5 Å². The van der Waals surface area contributed by atoms with E-state index in [1.165, 1.54) is 18.3 Å². The van der Waals surface area contributed by atoms with Crippen LogP contribution in [-0.2, 0) is 11.3 Å². The number of nitrogens with zero attached hydrogens (tertiary/aromatic N) is 4. The highest BCUT2D eigenvalue weighted by Gasteiger charge is 2.12. The van der Waals surface area contributed by atoms with Crippen LogP contribution >= 0.6 is 0 Å². The SMILES string of the molecule is O=C(Cn1cnc2ccccc21)N/N=C/c1ccc(O)c([N+](=O)[O-])c1. The Labute approximate surface area is 141 Å². The predicted molar refractivity (Wildman–Crippen MR) is 90.2 cm³/mol. The number of phenolic OH excluding ortho intramolecular Hbond substituents is 1. The number of amides is 1. The summed E-state index contributed by atoms with van der Waals surface area (Å²) in [6.07, 6.45) is 2.83. The zero-order valence-electron chi connectivity index (χ0n) is 12.9. The molecule has 0 atom stereocenters. The van der Waals surface area contributed by atoms with Crippen molar-refractivity contribution in [3.63, 3.8) is 0 Å². The third-order valence-electron chi connectivity index (χ3n) is 3.44. The topological polar surface area (TPSA) is 123 Å². The number of carbonyl (C=O) groups excluding carboxylic acids is 1. The minimum atomic E-state index is -0.699. The zero-order chi connectivity index (χ0) is 17.8. The number of aromatic hydroxyl groups is 1. The number of hydrogen-bond acceptors (Lipinski definition) is 6. The summed E-state index contributed by atoms with van der Waals surface area (Å²) in [7, 11) is 0. The summed E-state index contributed by atoms with van der Waals surface area (Å²) in [5.74, 6) is -0.800. The lowest BCUT2D eigenvalue weighted by atomic mass is 10.2. The maximum Gasteiger partial charge on any atom is 0.311 e. The second-order valence-electron chi connectivity index (χ2n) is 5.16. The quantitative estimate of drug-likeness (QED) is 0.417. The average molecular weight is 339 g/mol. The fourth-order valence-electron chi connectivity index (χ4n) is 2.27. The summed E-state index contributed by atoms with van der Waals surface area (Å²) in [5, 5.41) is 23.9. The van der Waals surface area contributed by atoms with E-state index in [0.29, 0.717) is 5.56 Å². The minimum absolute atomic E-state index is 0.0353. The Bertz CT molecular complexity index is 980. The summed E-state index contributed by atoms with van der Waals surface area (Å²) >= 11 is 0. The van der Waals surface area contributed by atoms with Gasteiger partial charge in [-0.3, -0.25) is 14.9 Å². The summed E-state index contributed by atoms with van der Waals surface area (Å²) in [4.78, 5) is 26.2. The predicted octanol–water partition coefficient (Wildman–Crippen LogP) is 1.80. The van der Waals surface area contributed by atoms with Crippen molar-refractivity contribution in [1.29, 1.82) is 0 Å². The van der Waals surface area contributed by atoms with Crippen molar-refractivity contribution in [3.05, 3.63) is 64.5 Å². The fraction of sp³-hybridized carbons (Fsp3) is 0.0625. The molecule has 3 rings (SSSR count). The van der Waals surface area contributed by atoms with E-state index in [-0.39, 0.29) is 12.5 Å². The number of fused-ring (bicyclic) bond motifs is 1. The lowest BCUT2D eigenvalue weighted by Crippen LogP contribution is -2.22. The van der Waals surface area contributed by atoms with E-state index in [9.17, 15) is 20.0 Å². The number of hydrazone groups is 1. The standard InChI is InChI=1S/C16H13N5O4/c22-15-6-5-11(7-14(15)21(24)25)8-18-19-16(23)9-20-10-17-12-3-1-2-4-13(12)20/h1-8,10,22H,9H2,(H,19,23)/b18-8+. The normalized spacial score (nSPS) is 11.0. The monoisotopic (exact) mass is 339 g/mol. The van der Waals surface area contributed by atoms with Gasteiger partial charge in [0.15, 0.2) is 5.75 Å². The van der Waals surface area contributed by atoms with Gasteiger partial charge in [0, 0.05) is 11.6 Å². The number of benzene rings is 2. The number of rotatable bonds is 5. The molecule has 1 amide bonds. The Hall–Kier alpha value is -3.75. The van der Waals surface area contributed by atoms with E-state index in [4.69, 9.17) is 0 Å². The molecule has 0 aliphatic carbocycles. The molecule has 0 aliphatic heterocycles. The van der Waals surface area contributed by atoms with Gasteiger partial charge in [0.2, 0.25) is 0 Å². The van der Waals surface area contributed by atoms with Crippen LogP contribution in [0, 0.1) is 10.1 Å². The second-order valence-corrected chi connectivity index (χ2v) is 5.16. The first-order valence-corrected chi connectivity index (χ1v) is 7.24. The highest BCUT2D eigenvalue weighted by atomic mass is 16.6. The Morgan fingerprint density at radius 3 is 2.96 bits per heavy atom. The van der Waals surface area contributed by atoms with E-state index < -0.39 is 16.4 Å². The van der Waals surface area contributed by atoms with Crippen molar-refractivity contribution in [2.75, 3.05) is 0 Å². The number of hydrogen-bond donors (Lipinski definition) is 2. The molecule has 25 heavy (non-hydrogen) atoms. The van der Waals surface area contributed by atoms with Crippen LogP contribution in [0.2, 0.25) is 0 Å². The number of para-hydroxylation sites is 2. The maximum atomic E-state index is 12.0. The van der Waals surface area contributed by atoms with Gasteiger partial charge in [-0.1, -0.05) is 12.1 Å². The lowest BCUT2D eigenvalue weighted by Gasteiger charge is -2.03. The summed E-state index contributed by atoms with van der Waals surface area (Å²) in [6, 6.07) is 11.2. The van der Waals surface area contributed by atoms with E-state index in [1.54, 1.807) is 10.9 Å². The molecule has 1 aromatic heterocycles. The average Bonchev–Trinajstić information content (AvgIpc) is 2.99. The number of imidazole rings is 1. The van der Waals surface area contributed by atoms with Gasteiger partial charge >= 0.3 is 5.69 Å². The van der Waals surface area contributed by atoms with Crippen LogP contribution < -0.4 is 5.43 Å². The van der Waals surface area contributed by atoms with Gasteiger partial charge in [0.05, 0.1) is 28.5 Å². The molecule has 0 unspecified atom stereocenters. The lowest BCUT2D eigenvalue weighted by molar-refractivity contribution is -0.385. The first kappa shape index (κ1) is 16.1. The van der Waals surface area contributed by atoms with E-state index >= 15 is 0 Å². The third-order valence-corrected chi connectivity index (χ3v) is 3.44. The molecule has 2 N–H and O–H groups in total. The highest BCUT2D eigenvalue weighted by Crippen LogP contribution is 2.25. The molecule has 0 fully saturated rings. The first-order chi connectivity index (χ1) is 12.0. The van der Waals surface area contributed by atoms with Crippen molar-refractivity contribution >= 4 is 28.8 Å². The summed E-state index contributed by atoms with van der Waals surface area (Å²) in [5.41, 5.74) is 3.91. The molecule has 2 aromatic carbocycles. The number of nitro groups is 1. The van der Waals surface area contributed by atoms with Crippen molar-refractivity contribution in [2.45, 2.75) is 6.54 Å². The molecule has 0 aliphatic rings. The summed E-state index contributed by atoms with van der Waals surface area (Å²) < 4.78 is 1.69. The molecule has 0 radical (unpaired) electrons. The molecule has 0 saturated carbocycles. The Kier molecular flexibility index (Phi) is 4.38. The zero-order valence-corrected chi connectivity index (χ0v) is 12.9. The molecule has 0 bridgehead atoms. The van der Waals surface area contributed by atoms with Gasteiger partial charge in [-0.05, 0) is 24.3 Å². The van der Waals surface area contributed by atoms with Gasteiger partial charge in [0.25, 0.3) is 5.91 Å². The second kappa shape index (κ2) is 6.79. The van der Waals surface area contributed by atoms with Crippen LogP contribution in [-0.4, -0.2) is 31.7 Å². The minimum Gasteiger partial charge on any atom is -0.502 e. The Balaban J connectivity index is 1.65. The van der Waals surface area contributed by atoms with Crippen molar-refractivity contribution < 1.29 is 14.8 Å². The molecule has 9 nitrogen and oxygen atoms in total. The number of phenols is 1. The van der Waals surface area contributed by atoms with Crippen LogP contribution in [0.25, 0.3) is 11.0 Å². The fourth-order valence-corrected chi connectivity index (χ4v) is 2.27. The third kappa shape index (κ3) is 3.61. The van der Waals surface area contributed by atoms with Gasteiger partial charge in [0.1, 0.15) is 6.54 Å². The highest BCUT2D eigenvalue weighted by molar-refractivity contribution is 5.84. The Morgan fingerprint density at radius 1 is 1.36 bits per heavy atom. The Morgan fingerprint density at radius 2 is 2.16 bits per heavy atom. The first-order valence-electron chi connectivity index (χ1n) is 7.24. The maximum absolute atomic E-state index is 12.0. The molecule has 126 valence electrons. The number of nitrogens with one attached hydrogen (secondary N) is 1. The van der Waals surface area contributed by atoms with Crippen molar-refractivity contribution in [3.8, 4) is 5.75 Å². The number of nitro benzene ring substituents is 1. The summed E-state index contributed by atoms with van der Waals surface area (Å²) in [6.45, 7) is 0.0353. The van der Waals surface area contributed by atoms with Crippen molar-refractivity contribution in [1.82, 2.24) is 15.0 Å². The molecule has 0 saturated heterocycles. The van der Waals surface area contributed by atoms with Crippen LogP contribution in [0.4, 0.5) is 5.69 Å². The van der Waals surface area contributed by atoms with Gasteiger partial charge in [-0.2, -0.15) is 5.10 Å².